The summed E-state index contributed by atoms with van der Waals surface area (Å²) in [6, 6.07) is 12.7. The summed E-state index contributed by atoms with van der Waals surface area (Å²) in [5.41, 5.74) is 4.74. The molecule has 0 radical (unpaired) electrons. The average molecular weight is 654 g/mol. The summed E-state index contributed by atoms with van der Waals surface area (Å²) in [6.07, 6.45) is 3.40. The van der Waals surface area contributed by atoms with E-state index in [2.05, 4.69) is 60.8 Å². The van der Waals surface area contributed by atoms with Crippen LogP contribution in [0, 0.1) is 10.8 Å². The maximum absolute atomic E-state index is 13.9. The zero-order valence-corrected chi connectivity index (χ0v) is 27.2. The van der Waals surface area contributed by atoms with Gasteiger partial charge in [0.1, 0.15) is 5.75 Å². The number of carbonyl (C=O) groups excluding carboxylic acids is 3. The number of amides is 1. The molecule has 0 saturated carbocycles. The molecule has 1 amide bonds. The quantitative estimate of drug-likeness (QED) is 0.326. The molecule has 0 atom stereocenters. The number of halogens is 2. The van der Waals surface area contributed by atoms with E-state index in [1.807, 2.05) is 12.1 Å². The van der Waals surface area contributed by atoms with Crippen molar-refractivity contribution in [2.75, 3.05) is 18.5 Å². The van der Waals surface area contributed by atoms with E-state index in [1.165, 1.54) is 0 Å². The molecule has 0 spiro atoms. The van der Waals surface area contributed by atoms with Crippen molar-refractivity contribution in [3.63, 3.8) is 0 Å². The Bertz CT molecular complexity index is 1470. The average Bonchev–Trinajstić information content (AvgIpc) is 2.89. The van der Waals surface area contributed by atoms with E-state index in [4.69, 9.17) is 16.3 Å². The first kappa shape index (κ1) is 30.6. The van der Waals surface area contributed by atoms with Crippen LogP contribution in [0.15, 0.2) is 69.5 Å². The van der Waals surface area contributed by atoms with Crippen molar-refractivity contribution in [3.8, 4) is 5.75 Å². The molecule has 0 unspecified atom stereocenters. The number of Topliss-reactive ketones (excluding diaryl/α,β-unsaturated/α-hetero) is 2. The van der Waals surface area contributed by atoms with Gasteiger partial charge in [-0.05, 0) is 75.9 Å². The van der Waals surface area contributed by atoms with Crippen LogP contribution in [-0.2, 0) is 14.4 Å². The third-order valence-corrected chi connectivity index (χ3v) is 9.21. The summed E-state index contributed by atoms with van der Waals surface area (Å²) in [6.45, 7) is 11.3. The second kappa shape index (κ2) is 11.6. The van der Waals surface area contributed by atoms with Crippen LogP contribution in [0.5, 0.6) is 5.75 Å². The van der Waals surface area contributed by atoms with Crippen LogP contribution in [0.2, 0.25) is 5.02 Å². The number of allylic oxidation sites excluding steroid dienone is 4. The van der Waals surface area contributed by atoms with Gasteiger partial charge in [-0.3, -0.25) is 14.4 Å². The molecule has 222 valence electrons. The Morgan fingerprint density at radius 3 is 2.12 bits per heavy atom. The van der Waals surface area contributed by atoms with Crippen LogP contribution in [0.1, 0.15) is 78.2 Å². The third-order valence-electron chi connectivity index (χ3n) is 8.27. The standard InChI is InChI=1S/C34H38BrClN2O4/c1-6-13-38-24-15-33(2,3)17-26(39)31(24)30(32-25(38)16-34(4,5)18-27(32)40)20-11-12-28(21(35)14-20)42-19-29(41)37-23-10-8-7-9-22(23)36/h7-12,14,30H,6,13,15-19H2,1-5H3,(H,37,41). The number of benzene rings is 2. The van der Waals surface area contributed by atoms with Gasteiger partial charge < -0.3 is 15.0 Å². The number of ether oxygens (including phenoxy) is 1. The minimum atomic E-state index is -0.427. The van der Waals surface area contributed by atoms with Crippen LogP contribution in [0.3, 0.4) is 0 Å². The van der Waals surface area contributed by atoms with Gasteiger partial charge in [-0.1, -0.05) is 64.4 Å². The van der Waals surface area contributed by atoms with Gasteiger partial charge in [-0.25, -0.2) is 0 Å². The highest BCUT2D eigenvalue weighted by Crippen LogP contribution is 2.54. The lowest BCUT2D eigenvalue weighted by Crippen LogP contribution is -2.44. The highest BCUT2D eigenvalue weighted by atomic mass is 79.9. The Labute approximate surface area is 261 Å². The van der Waals surface area contributed by atoms with Crippen molar-refractivity contribution in [1.82, 2.24) is 4.90 Å². The lowest BCUT2D eigenvalue weighted by molar-refractivity contribution is -0.120. The van der Waals surface area contributed by atoms with Crippen molar-refractivity contribution >= 4 is 50.7 Å². The first-order chi connectivity index (χ1) is 19.8. The number of hydrogen-bond acceptors (Lipinski definition) is 5. The van der Waals surface area contributed by atoms with Crippen LogP contribution in [-0.4, -0.2) is 35.5 Å². The van der Waals surface area contributed by atoms with E-state index in [9.17, 15) is 14.4 Å². The van der Waals surface area contributed by atoms with E-state index in [0.29, 0.717) is 33.8 Å². The minimum absolute atomic E-state index is 0.115. The lowest BCUT2D eigenvalue weighted by Gasteiger charge is -2.49. The van der Waals surface area contributed by atoms with E-state index >= 15 is 0 Å². The Morgan fingerprint density at radius 1 is 0.976 bits per heavy atom. The predicted octanol–water partition coefficient (Wildman–Crippen LogP) is 8.22. The normalized spacial score (nSPS) is 19.9. The molecular weight excluding hydrogens is 616 g/mol. The summed E-state index contributed by atoms with van der Waals surface area (Å²) in [7, 11) is 0. The summed E-state index contributed by atoms with van der Waals surface area (Å²) in [5, 5.41) is 3.21. The largest absolute Gasteiger partial charge is 0.483 e. The predicted molar refractivity (Wildman–Crippen MR) is 170 cm³/mol. The number of hydrogen-bond donors (Lipinski definition) is 1. The molecule has 1 N–H and O–H groups in total. The molecule has 0 aromatic heterocycles. The van der Waals surface area contributed by atoms with Gasteiger partial charge >= 0.3 is 0 Å². The maximum atomic E-state index is 13.9. The Morgan fingerprint density at radius 2 is 1.57 bits per heavy atom. The second-order valence-corrected chi connectivity index (χ2v) is 14.5. The number of carbonyl (C=O) groups is 3. The molecule has 2 aromatic rings. The van der Waals surface area contributed by atoms with E-state index < -0.39 is 5.92 Å². The van der Waals surface area contributed by atoms with Gasteiger partial charge in [-0.2, -0.15) is 0 Å². The molecule has 6 nitrogen and oxygen atoms in total. The van der Waals surface area contributed by atoms with Gasteiger partial charge in [0.25, 0.3) is 5.91 Å². The summed E-state index contributed by atoms with van der Waals surface area (Å²) < 4.78 is 6.49. The van der Waals surface area contributed by atoms with Crippen LogP contribution in [0.4, 0.5) is 5.69 Å². The third kappa shape index (κ3) is 6.09. The van der Waals surface area contributed by atoms with E-state index in [-0.39, 0.29) is 34.9 Å². The van der Waals surface area contributed by atoms with E-state index in [1.54, 1.807) is 30.3 Å². The van der Waals surface area contributed by atoms with Crippen molar-refractivity contribution < 1.29 is 19.1 Å². The van der Waals surface area contributed by atoms with Gasteiger partial charge in [-0.15, -0.1) is 0 Å². The monoisotopic (exact) mass is 652 g/mol. The fourth-order valence-corrected chi connectivity index (χ4v) is 7.27. The molecule has 42 heavy (non-hydrogen) atoms. The van der Waals surface area contributed by atoms with Crippen LogP contribution < -0.4 is 10.1 Å². The maximum Gasteiger partial charge on any atom is 0.262 e. The fourth-order valence-electron chi connectivity index (χ4n) is 6.58. The second-order valence-electron chi connectivity index (χ2n) is 13.2. The zero-order chi connectivity index (χ0) is 30.4. The molecule has 2 aromatic carbocycles. The van der Waals surface area contributed by atoms with Crippen LogP contribution >= 0.6 is 27.5 Å². The number of para-hydroxylation sites is 1. The van der Waals surface area contributed by atoms with Gasteiger partial charge in [0, 0.05) is 47.8 Å². The van der Waals surface area contributed by atoms with E-state index in [0.717, 1.165) is 53.9 Å². The highest BCUT2D eigenvalue weighted by molar-refractivity contribution is 9.10. The SMILES string of the molecule is CCCN1C2=C(C(=O)CC(C)(C)C2)C(c2ccc(OCC(=O)Nc3ccccc3Cl)c(Br)c2)C2=C1CC(C)(C)CC2=O. The topological polar surface area (TPSA) is 75.7 Å². The van der Waals surface area contributed by atoms with Crippen molar-refractivity contribution in [3.05, 3.63) is 80.1 Å². The smallest absolute Gasteiger partial charge is 0.262 e. The molecule has 2 aliphatic carbocycles. The first-order valence-corrected chi connectivity index (χ1v) is 15.7. The van der Waals surface area contributed by atoms with Gasteiger partial charge in [0.2, 0.25) is 0 Å². The lowest BCUT2D eigenvalue weighted by atomic mass is 9.63. The number of nitrogens with one attached hydrogen (secondary N) is 1. The Kier molecular flexibility index (Phi) is 8.47. The fraction of sp³-hybridized carbons (Fsp3) is 0.441. The molecular formula is C34H38BrClN2O4. The zero-order valence-electron chi connectivity index (χ0n) is 24.9. The van der Waals surface area contributed by atoms with Crippen molar-refractivity contribution in [2.45, 2.75) is 72.6 Å². The molecule has 5 rings (SSSR count). The summed E-state index contributed by atoms with van der Waals surface area (Å²) in [4.78, 5) is 42.6. The van der Waals surface area contributed by atoms with Crippen molar-refractivity contribution in [2.24, 2.45) is 10.8 Å². The Hall–Kier alpha value is -2.90. The first-order valence-electron chi connectivity index (χ1n) is 14.6. The van der Waals surface area contributed by atoms with Crippen molar-refractivity contribution in [1.29, 1.82) is 0 Å². The number of ketones is 2. The number of anilines is 1. The molecule has 0 fully saturated rings. The van der Waals surface area contributed by atoms with Crippen LogP contribution in [0.25, 0.3) is 0 Å². The minimum Gasteiger partial charge on any atom is -0.483 e. The number of rotatable bonds is 7. The Balaban J connectivity index is 1.50. The molecule has 1 aliphatic heterocycles. The molecule has 0 saturated heterocycles. The van der Waals surface area contributed by atoms with Gasteiger partial charge in [0.05, 0.1) is 15.2 Å². The summed E-state index contributed by atoms with van der Waals surface area (Å²) >= 11 is 9.79. The molecule has 8 heteroatoms. The number of nitrogens with zero attached hydrogens (tertiary/aromatic N) is 1. The highest BCUT2D eigenvalue weighted by Gasteiger charge is 2.48. The molecule has 3 aliphatic rings. The molecule has 0 bridgehead atoms. The molecule has 1 heterocycles. The van der Waals surface area contributed by atoms with Gasteiger partial charge in [0.15, 0.2) is 18.2 Å². The summed E-state index contributed by atoms with van der Waals surface area (Å²) in [5.74, 6) is -0.0393.